The Kier molecular flexibility index (Phi) is 3.13. The van der Waals surface area contributed by atoms with Crippen molar-refractivity contribution in [2.24, 2.45) is 0 Å². The van der Waals surface area contributed by atoms with E-state index in [0.29, 0.717) is 0 Å². The van der Waals surface area contributed by atoms with Crippen molar-refractivity contribution in [3.63, 3.8) is 0 Å². The lowest BCUT2D eigenvalue weighted by Crippen LogP contribution is -1.99. The van der Waals surface area contributed by atoms with Crippen molar-refractivity contribution in [2.75, 3.05) is 0 Å². The summed E-state index contributed by atoms with van der Waals surface area (Å²) in [5.41, 5.74) is 3.39. The molecule has 0 unspecified atom stereocenters. The molecule has 1 N–H and O–H groups in total. The van der Waals surface area contributed by atoms with E-state index >= 15 is 0 Å². The first-order valence-electron chi connectivity index (χ1n) is 5.39. The molecule has 1 aromatic carbocycles. The Morgan fingerprint density at radius 2 is 1.81 bits per heavy atom. The Labute approximate surface area is 100 Å². The fourth-order valence-electron chi connectivity index (χ4n) is 1.89. The molecule has 0 fully saturated rings. The molecule has 16 heavy (non-hydrogen) atoms. The van der Waals surface area contributed by atoms with E-state index in [2.05, 4.69) is 19.9 Å². The molecular formula is C14H16OS. The average molecular weight is 232 g/mol. The van der Waals surface area contributed by atoms with Crippen molar-refractivity contribution >= 4 is 11.3 Å². The molecule has 0 aliphatic rings. The van der Waals surface area contributed by atoms with Crippen molar-refractivity contribution in [2.45, 2.75) is 26.9 Å². The summed E-state index contributed by atoms with van der Waals surface area (Å²) in [5, 5.41) is 10.3. The summed E-state index contributed by atoms with van der Waals surface area (Å²) >= 11 is 1.65. The number of hydrogen-bond acceptors (Lipinski definition) is 2. The summed E-state index contributed by atoms with van der Waals surface area (Å²) in [5.74, 6) is 0. The first kappa shape index (κ1) is 11.4. The number of thiophene rings is 1. The molecule has 1 nitrogen and oxygen atoms in total. The van der Waals surface area contributed by atoms with E-state index in [1.807, 2.05) is 31.2 Å². The lowest BCUT2D eigenvalue weighted by Gasteiger charge is -2.12. The van der Waals surface area contributed by atoms with Gasteiger partial charge in [0.25, 0.3) is 0 Å². The van der Waals surface area contributed by atoms with Crippen molar-refractivity contribution < 1.29 is 5.11 Å². The maximum atomic E-state index is 10.3. The molecule has 0 aliphatic heterocycles. The summed E-state index contributed by atoms with van der Waals surface area (Å²) in [6, 6.07) is 10.2. The molecule has 1 heterocycles. The highest BCUT2D eigenvalue weighted by Gasteiger charge is 2.14. The minimum atomic E-state index is -0.487. The maximum absolute atomic E-state index is 10.3. The van der Waals surface area contributed by atoms with E-state index in [0.717, 1.165) is 16.0 Å². The van der Waals surface area contributed by atoms with Gasteiger partial charge in [0.05, 0.1) is 0 Å². The van der Waals surface area contributed by atoms with Gasteiger partial charge in [0, 0.05) is 9.75 Å². The number of rotatable bonds is 2. The van der Waals surface area contributed by atoms with E-state index in [-0.39, 0.29) is 0 Å². The molecule has 1 atom stereocenters. The van der Waals surface area contributed by atoms with Crippen LogP contribution in [-0.2, 0) is 0 Å². The Morgan fingerprint density at radius 1 is 1.06 bits per heavy atom. The first-order chi connectivity index (χ1) is 7.58. The van der Waals surface area contributed by atoms with E-state index < -0.39 is 6.10 Å². The van der Waals surface area contributed by atoms with E-state index in [1.54, 1.807) is 11.3 Å². The molecular weight excluding hydrogens is 216 g/mol. The SMILES string of the molecule is Cc1ccc([C@H](O)c2ccc(C)s2)c(C)c1. The van der Waals surface area contributed by atoms with Crippen LogP contribution >= 0.6 is 11.3 Å². The van der Waals surface area contributed by atoms with Crippen LogP contribution in [-0.4, -0.2) is 5.11 Å². The topological polar surface area (TPSA) is 20.2 Å². The lowest BCUT2D eigenvalue weighted by molar-refractivity contribution is 0.223. The number of aryl methyl sites for hydroxylation is 3. The monoisotopic (exact) mass is 232 g/mol. The zero-order valence-corrected chi connectivity index (χ0v) is 10.6. The predicted octanol–water partition coefficient (Wildman–Crippen LogP) is 3.76. The smallest absolute Gasteiger partial charge is 0.113 e. The van der Waals surface area contributed by atoms with Crippen LogP contribution in [0.15, 0.2) is 30.3 Å². The standard InChI is InChI=1S/C14H16OS/c1-9-4-6-12(10(2)8-9)14(15)13-7-5-11(3)16-13/h4-8,14-15H,1-3H3/t14-/m0/s1. The molecule has 0 amide bonds. The van der Waals surface area contributed by atoms with Gasteiger partial charge in [0.1, 0.15) is 6.10 Å². The summed E-state index contributed by atoms with van der Waals surface area (Å²) < 4.78 is 0. The van der Waals surface area contributed by atoms with Gasteiger partial charge in [0.15, 0.2) is 0 Å². The average Bonchev–Trinajstić information content (AvgIpc) is 2.64. The van der Waals surface area contributed by atoms with Crippen molar-refractivity contribution in [3.05, 3.63) is 56.8 Å². The van der Waals surface area contributed by atoms with Crippen LogP contribution in [0.5, 0.6) is 0 Å². The van der Waals surface area contributed by atoms with Crippen LogP contribution < -0.4 is 0 Å². The highest BCUT2D eigenvalue weighted by Crippen LogP contribution is 2.30. The molecule has 2 aromatic rings. The summed E-state index contributed by atoms with van der Waals surface area (Å²) in [6.45, 7) is 6.17. The Morgan fingerprint density at radius 3 is 2.38 bits per heavy atom. The zero-order chi connectivity index (χ0) is 11.7. The van der Waals surface area contributed by atoms with Gasteiger partial charge in [0.2, 0.25) is 0 Å². The highest BCUT2D eigenvalue weighted by molar-refractivity contribution is 7.12. The van der Waals surface area contributed by atoms with Gasteiger partial charge in [-0.3, -0.25) is 0 Å². The van der Waals surface area contributed by atoms with Crippen molar-refractivity contribution in [1.82, 2.24) is 0 Å². The molecule has 0 spiro atoms. The molecule has 1 aromatic heterocycles. The van der Waals surface area contributed by atoms with E-state index in [9.17, 15) is 5.11 Å². The van der Waals surface area contributed by atoms with Crippen LogP contribution in [0.2, 0.25) is 0 Å². The third kappa shape index (κ3) is 2.18. The van der Waals surface area contributed by atoms with Crippen LogP contribution in [0.4, 0.5) is 0 Å². The highest BCUT2D eigenvalue weighted by atomic mass is 32.1. The van der Waals surface area contributed by atoms with Gasteiger partial charge in [-0.2, -0.15) is 0 Å². The van der Waals surface area contributed by atoms with Gasteiger partial charge in [-0.15, -0.1) is 11.3 Å². The van der Waals surface area contributed by atoms with Crippen molar-refractivity contribution in [1.29, 1.82) is 0 Å². The number of aliphatic hydroxyl groups is 1. The van der Waals surface area contributed by atoms with E-state index in [1.165, 1.54) is 10.4 Å². The summed E-state index contributed by atoms with van der Waals surface area (Å²) in [6.07, 6.45) is -0.487. The molecule has 0 radical (unpaired) electrons. The molecule has 0 saturated heterocycles. The molecule has 84 valence electrons. The first-order valence-corrected chi connectivity index (χ1v) is 6.21. The number of aliphatic hydroxyl groups excluding tert-OH is 1. The normalized spacial score (nSPS) is 12.8. The fraction of sp³-hybridized carbons (Fsp3) is 0.286. The number of benzene rings is 1. The quantitative estimate of drug-likeness (QED) is 0.836. The Bertz CT molecular complexity index is 499. The van der Waals surface area contributed by atoms with Gasteiger partial charge in [-0.05, 0) is 44.0 Å². The fourth-order valence-corrected chi connectivity index (χ4v) is 2.77. The zero-order valence-electron chi connectivity index (χ0n) is 9.82. The van der Waals surface area contributed by atoms with Crippen LogP contribution in [0.25, 0.3) is 0 Å². The molecule has 2 heteroatoms. The number of hydrogen-bond donors (Lipinski definition) is 1. The summed E-state index contributed by atoms with van der Waals surface area (Å²) in [7, 11) is 0. The maximum Gasteiger partial charge on any atom is 0.113 e. The molecule has 2 rings (SSSR count). The predicted molar refractivity (Wildman–Crippen MR) is 69.0 cm³/mol. The van der Waals surface area contributed by atoms with Gasteiger partial charge in [-0.1, -0.05) is 23.8 Å². The van der Waals surface area contributed by atoms with Crippen LogP contribution in [0, 0.1) is 20.8 Å². The van der Waals surface area contributed by atoms with Gasteiger partial charge in [-0.25, -0.2) is 0 Å². The lowest BCUT2D eigenvalue weighted by atomic mass is 10.0. The second-order valence-electron chi connectivity index (χ2n) is 4.21. The third-order valence-corrected chi connectivity index (χ3v) is 3.80. The minimum Gasteiger partial charge on any atom is -0.383 e. The Hall–Kier alpha value is -1.12. The minimum absolute atomic E-state index is 0.487. The van der Waals surface area contributed by atoms with Crippen LogP contribution in [0.1, 0.15) is 32.5 Å². The largest absolute Gasteiger partial charge is 0.383 e. The van der Waals surface area contributed by atoms with E-state index in [4.69, 9.17) is 0 Å². The second kappa shape index (κ2) is 4.40. The third-order valence-electron chi connectivity index (χ3n) is 2.75. The molecule has 0 bridgehead atoms. The molecule has 0 aliphatic carbocycles. The van der Waals surface area contributed by atoms with Gasteiger partial charge < -0.3 is 5.11 Å². The second-order valence-corrected chi connectivity index (χ2v) is 5.53. The van der Waals surface area contributed by atoms with Crippen LogP contribution in [0.3, 0.4) is 0 Å². The summed E-state index contributed by atoms with van der Waals surface area (Å²) in [4.78, 5) is 2.25. The van der Waals surface area contributed by atoms with Crippen molar-refractivity contribution in [3.8, 4) is 0 Å². The Balaban J connectivity index is 2.37. The van der Waals surface area contributed by atoms with Gasteiger partial charge >= 0.3 is 0 Å². The molecule has 0 saturated carbocycles.